The number of unbranched alkanes of at least 4 members (excludes halogenated alkanes) is 22. The van der Waals surface area contributed by atoms with Gasteiger partial charge in [0, 0.05) is 11.9 Å². The fourth-order valence-electron chi connectivity index (χ4n) is 8.19. The van der Waals surface area contributed by atoms with E-state index in [-0.39, 0.29) is 29.9 Å². The Morgan fingerprint density at radius 1 is 0.424 bits per heavy atom. The SMILES string of the molecule is C=Cc1ccc(C(CCCCCCCCC)CCCCCCCCC(=O)[O-])cc1.C=Cc1ccc(C(CCCCCCCCC)CCCCCCCCC(=O)[O-])cc1.[Cu+2]. The van der Waals surface area contributed by atoms with Gasteiger partial charge in [-0.2, -0.15) is 0 Å². The molecule has 2 atom stereocenters. The van der Waals surface area contributed by atoms with Gasteiger partial charge in [0.25, 0.3) is 0 Å². The van der Waals surface area contributed by atoms with Crippen molar-refractivity contribution in [2.45, 2.75) is 231 Å². The second kappa shape index (κ2) is 40.8. The molecule has 0 saturated heterocycles. The van der Waals surface area contributed by atoms with E-state index in [1.54, 1.807) is 0 Å². The standard InChI is InChI=1S/2C27H44O2.Cu/c2*1-3-5-6-7-8-11-14-17-25(26-22-20-24(4-2)21-23-26)18-15-12-9-10-13-16-19-27(28)29;/h2*4,20-23,25H,2-3,5-19H2,1H3,(H,28,29);/q;;+2/p-2. The predicted molar refractivity (Wildman–Crippen MR) is 248 cm³/mol. The number of carboxylic acid groups (broad SMARTS) is 2. The van der Waals surface area contributed by atoms with Gasteiger partial charge in [-0.25, -0.2) is 0 Å². The summed E-state index contributed by atoms with van der Waals surface area (Å²) >= 11 is 0. The van der Waals surface area contributed by atoms with Crippen LogP contribution in [0.3, 0.4) is 0 Å². The zero-order valence-corrected chi connectivity index (χ0v) is 38.8. The van der Waals surface area contributed by atoms with Crippen molar-refractivity contribution in [3.63, 3.8) is 0 Å². The van der Waals surface area contributed by atoms with Gasteiger partial charge in [0.1, 0.15) is 0 Å². The molecule has 2 aromatic rings. The third-order valence-electron chi connectivity index (χ3n) is 12.0. The predicted octanol–water partition coefficient (Wildman–Crippen LogP) is 14.8. The second-order valence-electron chi connectivity index (χ2n) is 17.0. The average molecular weight is 863 g/mol. The summed E-state index contributed by atoms with van der Waals surface area (Å²) in [6.07, 6.45) is 41.8. The Morgan fingerprint density at radius 2 is 0.661 bits per heavy atom. The number of carbonyl (C=O) groups is 2. The van der Waals surface area contributed by atoms with Crippen LogP contribution in [0.15, 0.2) is 61.7 Å². The van der Waals surface area contributed by atoms with Gasteiger partial charge in [-0.15, -0.1) is 0 Å². The number of carbonyl (C=O) groups excluding carboxylic acids is 2. The fourth-order valence-corrected chi connectivity index (χ4v) is 8.19. The molecule has 0 aliphatic carbocycles. The molecular weight excluding hydrogens is 776 g/mol. The molecule has 0 N–H and O–H groups in total. The molecule has 0 spiro atoms. The summed E-state index contributed by atoms with van der Waals surface area (Å²) in [5.74, 6) is -0.494. The molecule has 5 heteroatoms. The van der Waals surface area contributed by atoms with E-state index >= 15 is 0 Å². The molecule has 2 rings (SSSR count). The first kappa shape index (κ1) is 56.4. The molecule has 2 unspecified atom stereocenters. The molecule has 0 saturated carbocycles. The van der Waals surface area contributed by atoms with Gasteiger partial charge in [0.05, 0.1) is 0 Å². The van der Waals surface area contributed by atoms with E-state index in [0.29, 0.717) is 11.8 Å². The Morgan fingerprint density at radius 3 is 0.898 bits per heavy atom. The first-order chi connectivity index (χ1) is 28.3. The Balaban J connectivity index is 0.00000112. The summed E-state index contributed by atoms with van der Waals surface area (Å²) in [4.78, 5) is 20.9. The van der Waals surface area contributed by atoms with Gasteiger partial charge in [-0.3, -0.25) is 0 Å². The van der Waals surface area contributed by atoms with E-state index in [4.69, 9.17) is 0 Å². The van der Waals surface area contributed by atoms with Crippen molar-refractivity contribution >= 4 is 24.1 Å². The van der Waals surface area contributed by atoms with E-state index in [1.807, 2.05) is 12.2 Å². The molecular formula is C54H86CuO4. The summed E-state index contributed by atoms with van der Waals surface area (Å²) in [6.45, 7) is 12.3. The third kappa shape index (κ3) is 32.8. The van der Waals surface area contributed by atoms with Gasteiger partial charge in [-0.05, 0) is 85.5 Å². The number of carboxylic acids is 2. The summed E-state index contributed by atoms with van der Waals surface area (Å²) in [5, 5.41) is 20.9. The summed E-state index contributed by atoms with van der Waals surface area (Å²) in [5.41, 5.74) is 5.35. The zero-order chi connectivity index (χ0) is 42.3. The Kier molecular flexibility index (Phi) is 39.0. The maximum atomic E-state index is 10.4. The number of aliphatic carboxylic acids is 2. The molecule has 0 fully saturated rings. The van der Waals surface area contributed by atoms with Crippen molar-refractivity contribution in [2.75, 3.05) is 0 Å². The van der Waals surface area contributed by atoms with E-state index in [1.165, 1.54) is 176 Å². The van der Waals surface area contributed by atoms with Crippen molar-refractivity contribution in [1.29, 1.82) is 0 Å². The van der Waals surface area contributed by atoms with E-state index < -0.39 is 11.9 Å². The van der Waals surface area contributed by atoms with Crippen molar-refractivity contribution in [3.05, 3.63) is 83.9 Å². The maximum absolute atomic E-state index is 10.4. The first-order valence-corrected chi connectivity index (χ1v) is 24.2. The third-order valence-corrected chi connectivity index (χ3v) is 12.0. The molecule has 337 valence electrons. The van der Waals surface area contributed by atoms with Crippen LogP contribution < -0.4 is 10.2 Å². The molecule has 0 aliphatic heterocycles. The van der Waals surface area contributed by atoms with Gasteiger partial charge in [0.15, 0.2) is 0 Å². The maximum Gasteiger partial charge on any atom is 2.00 e. The molecule has 0 bridgehead atoms. The van der Waals surface area contributed by atoms with Crippen LogP contribution in [-0.2, 0) is 26.7 Å². The Bertz CT molecular complexity index is 1170. The van der Waals surface area contributed by atoms with Gasteiger partial charge < -0.3 is 19.8 Å². The minimum absolute atomic E-state index is 0. The van der Waals surface area contributed by atoms with E-state index in [9.17, 15) is 19.8 Å². The van der Waals surface area contributed by atoms with Crippen LogP contribution >= 0.6 is 0 Å². The van der Waals surface area contributed by atoms with Gasteiger partial charge in [0.2, 0.25) is 0 Å². The molecule has 1 radical (unpaired) electrons. The van der Waals surface area contributed by atoms with E-state index in [2.05, 4.69) is 75.5 Å². The topological polar surface area (TPSA) is 80.3 Å². The summed E-state index contributed by atoms with van der Waals surface area (Å²) in [6, 6.07) is 17.9. The molecule has 0 amide bonds. The van der Waals surface area contributed by atoms with Crippen molar-refractivity contribution in [2.24, 2.45) is 0 Å². The van der Waals surface area contributed by atoms with Crippen LogP contribution in [0, 0.1) is 0 Å². The Hall–Kier alpha value is -2.62. The molecule has 0 aliphatic rings. The average Bonchev–Trinajstić information content (AvgIpc) is 3.23. The number of hydrogen-bond acceptors (Lipinski definition) is 4. The van der Waals surface area contributed by atoms with Crippen LogP contribution in [-0.4, -0.2) is 11.9 Å². The smallest absolute Gasteiger partial charge is 0.550 e. The van der Waals surface area contributed by atoms with Crippen LogP contribution in [0.4, 0.5) is 0 Å². The zero-order valence-electron chi connectivity index (χ0n) is 37.9. The number of rotatable bonds is 38. The molecule has 0 aromatic heterocycles. The van der Waals surface area contributed by atoms with Crippen LogP contribution in [0.25, 0.3) is 12.2 Å². The number of hydrogen-bond donors (Lipinski definition) is 0. The minimum atomic E-state index is -0.916. The van der Waals surface area contributed by atoms with Crippen LogP contribution in [0.5, 0.6) is 0 Å². The molecule has 59 heavy (non-hydrogen) atoms. The molecule has 4 nitrogen and oxygen atoms in total. The minimum Gasteiger partial charge on any atom is -0.550 e. The fraction of sp³-hybridized carbons (Fsp3) is 0.667. The van der Waals surface area contributed by atoms with Crippen molar-refractivity contribution < 1.29 is 36.9 Å². The summed E-state index contributed by atoms with van der Waals surface area (Å²) in [7, 11) is 0. The van der Waals surface area contributed by atoms with Crippen LogP contribution in [0.2, 0.25) is 0 Å². The second-order valence-corrected chi connectivity index (χ2v) is 17.0. The first-order valence-electron chi connectivity index (χ1n) is 24.2. The van der Waals surface area contributed by atoms with Gasteiger partial charge in [-0.1, -0.05) is 242 Å². The normalized spacial score (nSPS) is 11.8. The molecule has 0 heterocycles. The molecule has 2 aromatic carbocycles. The summed E-state index contributed by atoms with van der Waals surface area (Å²) < 4.78 is 0. The van der Waals surface area contributed by atoms with Crippen molar-refractivity contribution in [1.82, 2.24) is 0 Å². The van der Waals surface area contributed by atoms with Gasteiger partial charge >= 0.3 is 17.1 Å². The largest absolute Gasteiger partial charge is 2.00 e. The number of benzene rings is 2. The van der Waals surface area contributed by atoms with E-state index in [0.717, 1.165) is 38.5 Å². The Labute approximate surface area is 374 Å². The van der Waals surface area contributed by atoms with Crippen LogP contribution in [0.1, 0.15) is 253 Å². The monoisotopic (exact) mass is 862 g/mol. The van der Waals surface area contributed by atoms with Crippen molar-refractivity contribution in [3.8, 4) is 0 Å². The quantitative estimate of drug-likeness (QED) is 0.0497.